The zero-order valence-electron chi connectivity index (χ0n) is 12.0. The third-order valence-electron chi connectivity index (χ3n) is 4.59. The van der Waals surface area contributed by atoms with E-state index in [9.17, 15) is 9.90 Å². The van der Waals surface area contributed by atoms with Gasteiger partial charge < -0.3 is 9.67 Å². The highest BCUT2D eigenvalue weighted by Crippen LogP contribution is 2.50. The first-order valence-electron chi connectivity index (χ1n) is 7.31. The molecule has 0 spiro atoms. The molecule has 3 rings (SSSR count). The van der Waals surface area contributed by atoms with Gasteiger partial charge in [-0.25, -0.2) is 9.78 Å². The molecule has 1 saturated carbocycles. The van der Waals surface area contributed by atoms with Crippen LogP contribution < -0.4 is 0 Å². The molecule has 106 valence electrons. The molecule has 4 nitrogen and oxygen atoms in total. The van der Waals surface area contributed by atoms with Gasteiger partial charge in [0.2, 0.25) is 0 Å². The van der Waals surface area contributed by atoms with Crippen molar-refractivity contribution in [1.82, 2.24) is 9.55 Å². The van der Waals surface area contributed by atoms with E-state index in [1.54, 1.807) is 12.1 Å². The fourth-order valence-electron chi connectivity index (χ4n) is 2.98. The molecule has 0 radical (unpaired) electrons. The maximum atomic E-state index is 11.5. The number of aromatic nitrogens is 2. The number of fused-ring (bicyclic) bond motifs is 1. The van der Waals surface area contributed by atoms with Gasteiger partial charge >= 0.3 is 5.97 Å². The molecule has 1 aliphatic rings. The number of hydrogen-bond acceptors (Lipinski definition) is 2. The maximum absolute atomic E-state index is 11.5. The highest BCUT2D eigenvalue weighted by atomic mass is 16.4. The third-order valence-corrected chi connectivity index (χ3v) is 4.59. The Morgan fingerprint density at radius 1 is 1.40 bits per heavy atom. The van der Waals surface area contributed by atoms with Crippen molar-refractivity contribution in [1.29, 1.82) is 0 Å². The molecule has 1 N–H and O–H groups in total. The lowest BCUT2D eigenvalue weighted by Gasteiger charge is -2.17. The topological polar surface area (TPSA) is 55.1 Å². The van der Waals surface area contributed by atoms with E-state index in [-0.39, 0.29) is 0 Å². The second kappa shape index (κ2) is 4.62. The van der Waals surface area contributed by atoms with Crippen molar-refractivity contribution < 1.29 is 9.90 Å². The number of carbonyl (C=O) groups is 1. The fraction of sp³-hybridized carbons (Fsp3) is 0.500. The summed E-state index contributed by atoms with van der Waals surface area (Å²) >= 11 is 0. The van der Waals surface area contributed by atoms with E-state index in [1.165, 1.54) is 12.8 Å². The van der Waals surface area contributed by atoms with E-state index in [0.29, 0.717) is 11.0 Å². The molecule has 0 unspecified atom stereocenters. The van der Waals surface area contributed by atoms with Crippen LogP contribution in [0.3, 0.4) is 0 Å². The van der Waals surface area contributed by atoms with Gasteiger partial charge in [0.1, 0.15) is 5.82 Å². The van der Waals surface area contributed by atoms with E-state index >= 15 is 0 Å². The van der Waals surface area contributed by atoms with E-state index < -0.39 is 5.97 Å². The summed E-state index contributed by atoms with van der Waals surface area (Å²) in [6, 6.07) is 5.35. The molecular weight excluding hydrogens is 252 g/mol. The minimum atomic E-state index is -0.874. The van der Waals surface area contributed by atoms with Gasteiger partial charge in [-0.05, 0) is 36.8 Å². The highest BCUT2D eigenvalue weighted by molar-refractivity contribution is 6.01. The molecule has 0 aliphatic heterocycles. The standard InChI is InChI=1S/C16H20N2O2/c1-3-13-17-12-7-5-6-11(15(19)20)14(12)18(13)10-16(4-2)8-9-16/h5-7H,3-4,8-10H2,1-2H3,(H,19,20). The second-order valence-electron chi connectivity index (χ2n) is 5.80. The summed E-state index contributed by atoms with van der Waals surface area (Å²) in [7, 11) is 0. The molecule has 0 amide bonds. The highest BCUT2D eigenvalue weighted by Gasteiger charge is 2.41. The van der Waals surface area contributed by atoms with Crippen LogP contribution in [0.5, 0.6) is 0 Å². The van der Waals surface area contributed by atoms with Crippen molar-refractivity contribution >= 4 is 17.0 Å². The number of aryl methyl sites for hydroxylation is 1. The number of rotatable bonds is 5. The lowest BCUT2D eigenvalue weighted by atomic mass is 10.0. The zero-order chi connectivity index (χ0) is 14.3. The lowest BCUT2D eigenvalue weighted by molar-refractivity contribution is 0.0698. The number of para-hydroxylation sites is 1. The van der Waals surface area contributed by atoms with Crippen molar-refractivity contribution in [2.24, 2.45) is 5.41 Å². The molecule has 0 atom stereocenters. The molecule has 1 aromatic carbocycles. The van der Waals surface area contributed by atoms with E-state index in [4.69, 9.17) is 0 Å². The largest absolute Gasteiger partial charge is 0.478 e. The van der Waals surface area contributed by atoms with Crippen LogP contribution in [0.2, 0.25) is 0 Å². The van der Waals surface area contributed by atoms with Gasteiger partial charge in [0.15, 0.2) is 0 Å². The average molecular weight is 272 g/mol. The number of nitrogens with zero attached hydrogens (tertiary/aromatic N) is 2. The van der Waals surface area contributed by atoms with Crippen molar-refractivity contribution in [3.63, 3.8) is 0 Å². The molecule has 0 bridgehead atoms. The Morgan fingerprint density at radius 2 is 2.15 bits per heavy atom. The predicted molar refractivity (Wildman–Crippen MR) is 78.0 cm³/mol. The van der Waals surface area contributed by atoms with Crippen LogP contribution in [-0.4, -0.2) is 20.6 Å². The Bertz CT molecular complexity index is 668. The maximum Gasteiger partial charge on any atom is 0.337 e. The molecule has 1 fully saturated rings. The van der Waals surface area contributed by atoms with Crippen LogP contribution in [-0.2, 0) is 13.0 Å². The van der Waals surface area contributed by atoms with Gasteiger partial charge in [-0.2, -0.15) is 0 Å². The summed E-state index contributed by atoms with van der Waals surface area (Å²) in [6.45, 7) is 5.19. The number of imidazole rings is 1. The lowest BCUT2D eigenvalue weighted by Crippen LogP contribution is -2.14. The van der Waals surface area contributed by atoms with Gasteiger partial charge in [0.25, 0.3) is 0 Å². The third kappa shape index (κ3) is 1.99. The van der Waals surface area contributed by atoms with Crippen molar-refractivity contribution in [3.05, 3.63) is 29.6 Å². The Morgan fingerprint density at radius 3 is 2.70 bits per heavy atom. The Labute approximate surface area is 118 Å². The molecule has 0 saturated heterocycles. The van der Waals surface area contributed by atoms with Crippen molar-refractivity contribution in [2.45, 2.75) is 46.1 Å². The summed E-state index contributed by atoms with van der Waals surface area (Å²) in [6.07, 6.45) is 4.45. The van der Waals surface area contributed by atoms with Crippen LogP contribution in [0.15, 0.2) is 18.2 Å². The SMILES string of the molecule is CCc1nc2cccc(C(=O)O)c2n1CC1(CC)CC1. The number of benzene rings is 1. The van der Waals surface area contributed by atoms with E-state index in [0.717, 1.165) is 36.2 Å². The predicted octanol–water partition coefficient (Wildman–Crippen LogP) is 3.49. The molecular formula is C16H20N2O2. The smallest absolute Gasteiger partial charge is 0.337 e. The van der Waals surface area contributed by atoms with Gasteiger partial charge in [-0.15, -0.1) is 0 Å². The van der Waals surface area contributed by atoms with Crippen LogP contribution in [0.4, 0.5) is 0 Å². The summed E-state index contributed by atoms with van der Waals surface area (Å²) < 4.78 is 2.15. The summed E-state index contributed by atoms with van der Waals surface area (Å²) in [5.74, 6) is 0.120. The number of aromatic carboxylic acids is 1. The molecule has 1 heterocycles. The molecule has 20 heavy (non-hydrogen) atoms. The Balaban J connectivity index is 2.19. The Hall–Kier alpha value is -1.84. The first-order valence-corrected chi connectivity index (χ1v) is 7.31. The van der Waals surface area contributed by atoms with Crippen molar-refractivity contribution in [3.8, 4) is 0 Å². The van der Waals surface area contributed by atoms with E-state index in [1.807, 2.05) is 6.07 Å². The first kappa shape index (κ1) is 13.2. The fourth-order valence-corrected chi connectivity index (χ4v) is 2.98. The molecule has 1 aromatic heterocycles. The minimum absolute atomic E-state index is 0.363. The summed E-state index contributed by atoms with van der Waals surface area (Å²) in [5.41, 5.74) is 2.32. The number of hydrogen-bond donors (Lipinski definition) is 1. The first-order chi connectivity index (χ1) is 9.60. The quantitative estimate of drug-likeness (QED) is 0.906. The molecule has 2 aromatic rings. The number of carboxylic acid groups (broad SMARTS) is 1. The molecule has 1 aliphatic carbocycles. The zero-order valence-corrected chi connectivity index (χ0v) is 12.0. The van der Waals surface area contributed by atoms with Crippen LogP contribution >= 0.6 is 0 Å². The normalized spacial score (nSPS) is 16.5. The minimum Gasteiger partial charge on any atom is -0.478 e. The second-order valence-corrected chi connectivity index (χ2v) is 5.80. The van der Waals surface area contributed by atoms with Crippen LogP contribution in [0, 0.1) is 5.41 Å². The Kier molecular flexibility index (Phi) is 3.04. The average Bonchev–Trinajstić information content (AvgIpc) is 3.14. The van der Waals surface area contributed by atoms with Crippen molar-refractivity contribution in [2.75, 3.05) is 0 Å². The molecule has 4 heteroatoms. The van der Waals surface area contributed by atoms with Crippen LogP contribution in [0.25, 0.3) is 11.0 Å². The van der Waals surface area contributed by atoms with Crippen LogP contribution in [0.1, 0.15) is 49.3 Å². The van der Waals surface area contributed by atoms with Gasteiger partial charge in [-0.1, -0.05) is 19.9 Å². The van der Waals surface area contributed by atoms with Gasteiger partial charge in [0, 0.05) is 13.0 Å². The van der Waals surface area contributed by atoms with Gasteiger partial charge in [-0.3, -0.25) is 0 Å². The summed E-state index contributed by atoms with van der Waals surface area (Å²) in [4.78, 5) is 16.1. The number of carboxylic acids is 1. The summed E-state index contributed by atoms with van der Waals surface area (Å²) in [5, 5.41) is 9.42. The van der Waals surface area contributed by atoms with E-state index in [2.05, 4.69) is 23.4 Å². The monoisotopic (exact) mass is 272 g/mol. The van der Waals surface area contributed by atoms with Gasteiger partial charge in [0.05, 0.1) is 16.6 Å².